The van der Waals surface area contributed by atoms with Crippen molar-refractivity contribution >= 4 is 10.0 Å². The summed E-state index contributed by atoms with van der Waals surface area (Å²) < 4.78 is 27.0. The molecule has 0 saturated heterocycles. The Hall–Kier alpha value is -0.870. The molecule has 1 aliphatic carbocycles. The average Bonchev–Trinajstić information content (AvgIpc) is 2.45. The van der Waals surface area contributed by atoms with Crippen molar-refractivity contribution in [3.8, 4) is 0 Å². The summed E-state index contributed by atoms with van der Waals surface area (Å²) in [7, 11) is -3.38. The third kappa shape index (κ3) is 5.11. The number of rotatable bonds is 6. The van der Waals surface area contributed by atoms with Gasteiger partial charge in [-0.25, -0.2) is 13.1 Å². The molecule has 1 aromatic carbocycles. The van der Waals surface area contributed by atoms with Crippen LogP contribution in [0.1, 0.15) is 57.9 Å². The molecule has 0 unspecified atom stereocenters. The molecule has 3 nitrogen and oxygen atoms in total. The molecule has 4 heteroatoms. The van der Waals surface area contributed by atoms with Crippen LogP contribution >= 0.6 is 0 Å². The second-order valence-corrected chi connectivity index (χ2v) is 8.18. The largest absolute Gasteiger partial charge is 0.240 e. The fourth-order valence-electron chi connectivity index (χ4n) is 3.09. The lowest BCUT2D eigenvalue weighted by molar-refractivity contribution is 0.339. The van der Waals surface area contributed by atoms with E-state index in [0.29, 0.717) is 4.90 Å². The van der Waals surface area contributed by atoms with Gasteiger partial charge >= 0.3 is 0 Å². The van der Waals surface area contributed by atoms with Crippen LogP contribution in [0.3, 0.4) is 0 Å². The Morgan fingerprint density at radius 1 is 1.19 bits per heavy atom. The van der Waals surface area contributed by atoms with Crippen LogP contribution in [0, 0.1) is 5.92 Å². The molecule has 1 N–H and O–H groups in total. The molecule has 1 aliphatic rings. The third-order valence-electron chi connectivity index (χ3n) is 4.17. The summed E-state index contributed by atoms with van der Waals surface area (Å²) in [4.78, 5) is 0.386. The lowest BCUT2D eigenvalue weighted by Crippen LogP contribution is -2.30. The highest BCUT2D eigenvalue weighted by Crippen LogP contribution is 2.27. The smallest absolute Gasteiger partial charge is 0.209 e. The van der Waals surface area contributed by atoms with Crippen molar-refractivity contribution in [3.63, 3.8) is 0 Å². The van der Waals surface area contributed by atoms with Gasteiger partial charge in [-0.3, -0.25) is 0 Å². The van der Waals surface area contributed by atoms with Gasteiger partial charge < -0.3 is 0 Å². The molecule has 1 aromatic rings. The minimum atomic E-state index is -3.38. The van der Waals surface area contributed by atoms with Gasteiger partial charge in [0.05, 0.1) is 4.90 Å². The van der Waals surface area contributed by atoms with Gasteiger partial charge in [0.15, 0.2) is 0 Å². The Morgan fingerprint density at radius 3 is 2.57 bits per heavy atom. The van der Waals surface area contributed by atoms with E-state index < -0.39 is 10.0 Å². The maximum Gasteiger partial charge on any atom is 0.240 e. The first kappa shape index (κ1) is 16.5. The average molecular weight is 309 g/mol. The van der Waals surface area contributed by atoms with E-state index in [1.165, 1.54) is 38.5 Å². The number of nitrogens with one attached hydrogen (secondary N) is 1. The van der Waals surface area contributed by atoms with Gasteiger partial charge in [0.1, 0.15) is 0 Å². The van der Waals surface area contributed by atoms with Gasteiger partial charge in [-0.2, -0.15) is 0 Å². The zero-order valence-corrected chi connectivity index (χ0v) is 14.0. The lowest BCUT2D eigenvalue weighted by Gasteiger charge is -2.21. The van der Waals surface area contributed by atoms with E-state index in [9.17, 15) is 8.42 Å². The Bertz CT molecular complexity index is 546. The molecule has 21 heavy (non-hydrogen) atoms. The van der Waals surface area contributed by atoms with Gasteiger partial charge in [-0.15, -0.1) is 0 Å². The zero-order chi connectivity index (χ0) is 15.3. The van der Waals surface area contributed by atoms with Crippen molar-refractivity contribution in [2.45, 2.75) is 69.7 Å². The maximum atomic E-state index is 12.2. The second-order valence-electron chi connectivity index (χ2n) is 6.47. The summed E-state index contributed by atoms with van der Waals surface area (Å²) >= 11 is 0. The molecule has 0 aliphatic heterocycles. The molecule has 0 aromatic heterocycles. The van der Waals surface area contributed by atoms with Crippen LogP contribution in [0.4, 0.5) is 0 Å². The number of hydrogen-bond acceptors (Lipinski definition) is 2. The molecular weight excluding hydrogens is 282 g/mol. The fraction of sp³-hybridized carbons (Fsp3) is 0.647. The molecule has 1 fully saturated rings. The summed E-state index contributed by atoms with van der Waals surface area (Å²) in [6, 6.07) is 7.31. The maximum absolute atomic E-state index is 12.2. The number of hydrogen-bond donors (Lipinski definition) is 1. The van der Waals surface area contributed by atoms with E-state index in [1.54, 1.807) is 6.07 Å². The molecule has 1 saturated carbocycles. The second kappa shape index (κ2) is 7.41. The summed E-state index contributed by atoms with van der Waals surface area (Å²) in [6.07, 6.45) is 8.94. The Balaban J connectivity index is 2.00. The standard InChI is InChI=1S/C17H27NO2S/c1-14(2)18-21(19,20)17-10-6-9-16(13-17)12-11-15-7-4-3-5-8-15/h6,9-10,13-15,18H,3-5,7-8,11-12H2,1-2H3. The lowest BCUT2D eigenvalue weighted by atomic mass is 9.85. The Kier molecular flexibility index (Phi) is 5.82. The van der Waals surface area contributed by atoms with Crippen molar-refractivity contribution in [3.05, 3.63) is 29.8 Å². The van der Waals surface area contributed by atoms with Gasteiger partial charge in [-0.05, 0) is 50.3 Å². The molecule has 0 atom stereocenters. The third-order valence-corrected chi connectivity index (χ3v) is 5.82. The highest BCUT2D eigenvalue weighted by molar-refractivity contribution is 7.89. The topological polar surface area (TPSA) is 46.2 Å². The molecule has 0 spiro atoms. The molecular formula is C17H27NO2S. The predicted octanol–water partition coefficient (Wildman–Crippen LogP) is 3.89. The van der Waals surface area contributed by atoms with Crippen LogP contribution in [-0.4, -0.2) is 14.5 Å². The molecule has 118 valence electrons. The van der Waals surface area contributed by atoms with Crippen LogP contribution in [0.25, 0.3) is 0 Å². The van der Waals surface area contributed by atoms with Crippen LogP contribution < -0.4 is 4.72 Å². The molecule has 2 rings (SSSR count). The van der Waals surface area contributed by atoms with Crippen LogP contribution in [0.2, 0.25) is 0 Å². The van der Waals surface area contributed by atoms with E-state index >= 15 is 0 Å². The number of benzene rings is 1. The van der Waals surface area contributed by atoms with Crippen molar-refractivity contribution in [2.24, 2.45) is 5.92 Å². The van der Waals surface area contributed by atoms with Gasteiger partial charge in [-0.1, -0.05) is 44.2 Å². The zero-order valence-electron chi connectivity index (χ0n) is 13.1. The highest BCUT2D eigenvalue weighted by atomic mass is 32.2. The van der Waals surface area contributed by atoms with Crippen LogP contribution in [-0.2, 0) is 16.4 Å². The van der Waals surface area contributed by atoms with Crippen molar-refractivity contribution < 1.29 is 8.42 Å². The summed E-state index contributed by atoms with van der Waals surface area (Å²) in [5.41, 5.74) is 1.13. The fourth-order valence-corrected chi connectivity index (χ4v) is 4.41. The first-order valence-electron chi connectivity index (χ1n) is 8.08. The molecule has 0 heterocycles. The van der Waals surface area contributed by atoms with Gasteiger partial charge in [0.25, 0.3) is 0 Å². The van der Waals surface area contributed by atoms with Crippen LogP contribution in [0.15, 0.2) is 29.2 Å². The summed E-state index contributed by atoms with van der Waals surface area (Å²) in [5.74, 6) is 0.827. The van der Waals surface area contributed by atoms with Gasteiger partial charge in [0, 0.05) is 6.04 Å². The van der Waals surface area contributed by atoms with Crippen molar-refractivity contribution in [1.29, 1.82) is 0 Å². The quantitative estimate of drug-likeness (QED) is 0.866. The molecule has 0 amide bonds. The first-order chi connectivity index (χ1) is 9.97. The number of sulfonamides is 1. The summed E-state index contributed by atoms with van der Waals surface area (Å²) in [5, 5.41) is 0. The highest BCUT2D eigenvalue weighted by Gasteiger charge is 2.16. The Morgan fingerprint density at radius 2 is 1.90 bits per heavy atom. The normalized spacial score (nSPS) is 17.3. The van der Waals surface area contributed by atoms with E-state index in [-0.39, 0.29) is 6.04 Å². The SMILES string of the molecule is CC(C)NS(=O)(=O)c1cccc(CCC2CCCCC2)c1. The van der Waals surface area contributed by atoms with Crippen LogP contribution in [0.5, 0.6) is 0 Å². The van der Waals surface area contributed by atoms with Gasteiger partial charge in [0.2, 0.25) is 10.0 Å². The van der Waals surface area contributed by atoms with E-state index in [1.807, 2.05) is 32.0 Å². The van der Waals surface area contributed by atoms with E-state index in [2.05, 4.69) is 4.72 Å². The molecule has 0 bridgehead atoms. The Labute approximate surface area is 129 Å². The molecule has 0 radical (unpaired) electrons. The predicted molar refractivity (Wildman–Crippen MR) is 86.8 cm³/mol. The summed E-state index contributed by atoms with van der Waals surface area (Å²) in [6.45, 7) is 3.68. The van der Waals surface area contributed by atoms with Crippen molar-refractivity contribution in [1.82, 2.24) is 4.72 Å². The minimum Gasteiger partial charge on any atom is -0.209 e. The monoisotopic (exact) mass is 309 g/mol. The first-order valence-corrected chi connectivity index (χ1v) is 9.57. The van der Waals surface area contributed by atoms with E-state index in [0.717, 1.165) is 17.9 Å². The number of aryl methyl sites for hydroxylation is 1. The minimum absolute atomic E-state index is 0.0825. The van der Waals surface area contributed by atoms with Crippen molar-refractivity contribution in [2.75, 3.05) is 0 Å². The van der Waals surface area contributed by atoms with E-state index in [4.69, 9.17) is 0 Å².